The van der Waals surface area contributed by atoms with Crippen LogP contribution in [0.3, 0.4) is 0 Å². The number of rotatable bonds is 2. The number of fused-ring (bicyclic) bond motifs is 4. The van der Waals surface area contributed by atoms with E-state index in [0.29, 0.717) is 0 Å². The van der Waals surface area contributed by atoms with E-state index in [1.807, 2.05) is 0 Å². The van der Waals surface area contributed by atoms with Crippen molar-refractivity contribution < 1.29 is 0 Å². The highest BCUT2D eigenvalue weighted by Gasteiger charge is 2.42. The zero-order chi connectivity index (χ0) is 23.7. The zero-order valence-electron chi connectivity index (χ0n) is 20.6. The summed E-state index contributed by atoms with van der Waals surface area (Å²) in [5.41, 5.74) is 10.0. The summed E-state index contributed by atoms with van der Waals surface area (Å²) in [4.78, 5) is 0. The van der Waals surface area contributed by atoms with Gasteiger partial charge in [0, 0.05) is 17.9 Å². The molecule has 3 nitrogen and oxygen atoms in total. The maximum absolute atomic E-state index is 2.38. The highest BCUT2D eigenvalue weighted by Crippen LogP contribution is 2.53. The smallest absolute Gasteiger partial charge is 0.0639 e. The molecule has 0 aliphatic carbocycles. The lowest BCUT2D eigenvalue weighted by molar-refractivity contribution is 0.332. The Labute approximate surface area is 202 Å². The minimum absolute atomic E-state index is 0.0791. The summed E-state index contributed by atoms with van der Waals surface area (Å²) in [6.07, 6.45) is 0. The number of hydrogen-bond donors (Lipinski definition) is 0. The Morgan fingerprint density at radius 2 is 0.676 bits per heavy atom. The molecular formula is C31H31N3. The average molecular weight is 446 g/mol. The third kappa shape index (κ3) is 2.74. The molecule has 2 heterocycles. The molecule has 4 aromatic carbocycles. The van der Waals surface area contributed by atoms with Crippen LogP contribution in [0.5, 0.6) is 0 Å². The second kappa shape index (κ2) is 7.22. The van der Waals surface area contributed by atoms with Crippen LogP contribution in [0.4, 0.5) is 22.7 Å². The molecule has 0 atom stereocenters. The van der Waals surface area contributed by atoms with E-state index in [1.54, 1.807) is 0 Å². The molecule has 6 rings (SSSR count). The Balaban J connectivity index is 1.60. The van der Waals surface area contributed by atoms with Gasteiger partial charge in [0.2, 0.25) is 0 Å². The number of benzene rings is 4. The van der Waals surface area contributed by atoms with E-state index < -0.39 is 0 Å². The molecule has 0 unspecified atom stereocenters. The summed E-state index contributed by atoms with van der Waals surface area (Å²) in [6, 6.07) is 35.3. The Hall–Kier alpha value is -3.56. The number of hydrazine groups is 2. The molecule has 2 aliphatic heterocycles. The van der Waals surface area contributed by atoms with Crippen molar-refractivity contribution in [3.63, 3.8) is 0 Å². The Bertz CT molecular complexity index is 1200. The first-order chi connectivity index (χ1) is 16.3. The summed E-state index contributed by atoms with van der Waals surface area (Å²) >= 11 is 0. The predicted molar refractivity (Wildman–Crippen MR) is 142 cm³/mol. The van der Waals surface area contributed by atoms with Crippen molar-refractivity contribution in [2.24, 2.45) is 0 Å². The van der Waals surface area contributed by atoms with Crippen LogP contribution in [-0.2, 0) is 10.8 Å². The van der Waals surface area contributed by atoms with Crippen LogP contribution in [0, 0.1) is 0 Å². The molecule has 0 N–H and O–H groups in total. The first-order valence-electron chi connectivity index (χ1n) is 12.1. The fraction of sp³-hybridized carbons (Fsp3) is 0.226. The van der Waals surface area contributed by atoms with Gasteiger partial charge < -0.3 is 0 Å². The largest absolute Gasteiger partial charge is 0.256 e. The van der Waals surface area contributed by atoms with Gasteiger partial charge in [-0.15, -0.1) is 5.12 Å². The summed E-state index contributed by atoms with van der Waals surface area (Å²) in [5, 5.41) is 7.05. The molecule has 0 bridgehead atoms. The summed E-state index contributed by atoms with van der Waals surface area (Å²) in [7, 11) is 2.18. The minimum atomic E-state index is -0.0791. The normalized spacial score (nSPS) is 17.0. The molecule has 2 aliphatic rings. The quantitative estimate of drug-likeness (QED) is 0.313. The van der Waals surface area contributed by atoms with Gasteiger partial charge in [0.15, 0.2) is 0 Å². The monoisotopic (exact) mass is 445 g/mol. The Kier molecular flexibility index (Phi) is 4.46. The van der Waals surface area contributed by atoms with Crippen molar-refractivity contribution in [1.82, 2.24) is 5.12 Å². The van der Waals surface area contributed by atoms with E-state index in [0.717, 1.165) is 0 Å². The van der Waals surface area contributed by atoms with E-state index in [1.165, 1.54) is 45.0 Å². The highest BCUT2D eigenvalue weighted by atomic mass is 15.9. The van der Waals surface area contributed by atoms with Crippen LogP contribution < -0.4 is 10.0 Å². The third-order valence-electron chi connectivity index (χ3n) is 7.80. The van der Waals surface area contributed by atoms with Crippen molar-refractivity contribution in [3.8, 4) is 0 Å². The first-order valence-corrected chi connectivity index (χ1v) is 12.1. The van der Waals surface area contributed by atoms with Crippen molar-refractivity contribution in [3.05, 3.63) is 119 Å². The fourth-order valence-corrected chi connectivity index (χ4v) is 6.01. The molecule has 0 amide bonds. The average Bonchev–Trinajstić information content (AvgIpc) is 2.85. The lowest BCUT2D eigenvalue weighted by Gasteiger charge is -2.51. The van der Waals surface area contributed by atoms with Crippen LogP contribution in [-0.4, -0.2) is 12.2 Å². The van der Waals surface area contributed by atoms with Gasteiger partial charge in [-0.1, -0.05) is 100 Å². The maximum atomic E-state index is 2.38. The van der Waals surface area contributed by atoms with Gasteiger partial charge in [-0.3, -0.25) is 10.0 Å². The van der Waals surface area contributed by atoms with Crippen molar-refractivity contribution in [1.29, 1.82) is 0 Å². The SMILES string of the molecule is CN(N1c2ccccc2C(C)(C)c2ccccc21)N1c2ccccc2C(C)(C)c2ccccc21. The van der Waals surface area contributed by atoms with Crippen LogP contribution in [0.15, 0.2) is 97.1 Å². The topological polar surface area (TPSA) is 9.72 Å². The van der Waals surface area contributed by atoms with E-state index in [2.05, 4.69) is 147 Å². The number of hydrogen-bond acceptors (Lipinski definition) is 3. The predicted octanol–water partition coefficient (Wildman–Crippen LogP) is 7.70. The van der Waals surface area contributed by atoms with E-state index in [9.17, 15) is 0 Å². The van der Waals surface area contributed by atoms with Crippen molar-refractivity contribution in [2.45, 2.75) is 38.5 Å². The molecule has 0 aromatic heterocycles. The number of nitrogens with zero attached hydrogens (tertiary/aromatic N) is 3. The summed E-state index contributed by atoms with van der Waals surface area (Å²) in [5.74, 6) is 0. The van der Waals surface area contributed by atoms with Crippen LogP contribution in [0.25, 0.3) is 0 Å². The molecule has 0 spiro atoms. The lowest BCUT2D eigenvalue weighted by atomic mass is 9.74. The Morgan fingerprint density at radius 1 is 0.441 bits per heavy atom. The van der Waals surface area contributed by atoms with Gasteiger partial charge in [0.05, 0.1) is 22.7 Å². The standard InChI is InChI=1S/C31H31N3/c1-30(2)22-14-6-10-18-26(22)33(27-19-11-7-15-23(27)30)32(5)34-28-20-12-8-16-24(28)31(3,4)25-17-9-13-21-29(25)34/h6-21H,1-5H3. The molecule has 0 saturated heterocycles. The van der Waals surface area contributed by atoms with E-state index >= 15 is 0 Å². The molecule has 170 valence electrons. The fourth-order valence-electron chi connectivity index (χ4n) is 6.01. The number of anilines is 4. The van der Waals surface area contributed by atoms with Gasteiger partial charge in [0.25, 0.3) is 0 Å². The van der Waals surface area contributed by atoms with Gasteiger partial charge in [-0.25, -0.2) is 0 Å². The Morgan fingerprint density at radius 3 is 0.941 bits per heavy atom. The lowest BCUT2D eigenvalue weighted by Crippen LogP contribution is -2.52. The van der Waals surface area contributed by atoms with Gasteiger partial charge in [-0.2, -0.15) is 0 Å². The number of para-hydroxylation sites is 4. The van der Waals surface area contributed by atoms with Crippen LogP contribution >= 0.6 is 0 Å². The molecule has 0 saturated carbocycles. The second-order valence-corrected chi connectivity index (χ2v) is 10.4. The maximum Gasteiger partial charge on any atom is 0.0639 e. The zero-order valence-corrected chi connectivity index (χ0v) is 20.6. The molecule has 0 fully saturated rings. The van der Waals surface area contributed by atoms with Gasteiger partial charge >= 0.3 is 0 Å². The van der Waals surface area contributed by atoms with E-state index in [4.69, 9.17) is 0 Å². The van der Waals surface area contributed by atoms with Gasteiger partial charge in [0.1, 0.15) is 0 Å². The van der Waals surface area contributed by atoms with Crippen LogP contribution in [0.1, 0.15) is 49.9 Å². The first kappa shape index (κ1) is 21.0. The molecule has 3 heteroatoms. The van der Waals surface area contributed by atoms with E-state index in [-0.39, 0.29) is 10.8 Å². The molecular weight excluding hydrogens is 414 g/mol. The van der Waals surface area contributed by atoms with Crippen molar-refractivity contribution in [2.75, 3.05) is 17.1 Å². The third-order valence-corrected chi connectivity index (χ3v) is 7.80. The second-order valence-electron chi connectivity index (χ2n) is 10.4. The molecule has 34 heavy (non-hydrogen) atoms. The highest BCUT2D eigenvalue weighted by molar-refractivity contribution is 5.81. The minimum Gasteiger partial charge on any atom is -0.256 e. The molecule has 4 aromatic rings. The summed E-state index contributed by atoms with van der Waals surface area (Å²) < 4.78 is 0. The summed E-state index contributed by atoms with van der Waals surface area (Å²) in [6.45, 7) is 9.32. The van der Waals surface area contributed by atoms with Crippen LogP contribution in [0.2, 0.25) is 0 Å². The van der Waals surface area contributed by atoms with Crippen molar-refractivity contribution >= 4 is 22.7 Å². The van der Waals surface area contributed by atoms with Gasteiger partial charge in [-0.05, 0) is 46.5 Å². The molecule has 0 radical (unpaired) electrons.